The summed E-state index contributed by atoms with van der Waals surface area (Å²) in [5.41, 5.74) is 4.31. The quantitative estimate of drug-likeness (QED) is 0.108. The summed E-state index contributed by atoms with van der Waals surface area (Å²) in [5, 5.41) is 16.2. The molecule has 0 fully saturated rings. The van der Waals surface area contributed by atoms with Crippen LogP contribution in [-0.4, -0.2) is 48.7 Å². The normalized spacial score (nSPS) is 2.64. The number of hydrogen-bond donors (Lipinski definition) is 8. The van der Waals surface area contributed by atoms with E-state index in [1.165, 1.54) is 6.92 Å². The molecule has 0 saturated carbocycles. The van der Waals surface area contributed by atoms with Gasteiger partial charge in [0.25, 0.3) is 0 Å². The summed E-state index contributed by atoms with van der Waals surface area (Å²) < 4.78 is 0. The maximum atomic E-state index is 9.47. The van der Waals surface area contributed by atoms with Gasteiger partial charge in [0, 0.05) is 6.92 Å². The van der Waals surface area contributed by atoms with Gasteiger partial charge in [0.2, 0.25) is 18.2 Å². The van der Waals surface area contributed by atoms with E-state index in [4.69, 9.17) is 45.0 Å². The number of carbonyl (C=O) groups is 3. The number of nitrogens with one attached hydrogen (secondary N) is 3. The third kappa shape index (κ3) is 466000. The van der Waals surface area contributed by atoms with E-state index in [-0.39, 0.29) is 113 Å². The molecule has 256 valence electrons. The van der Waals surface area contributed by atoms with E-state index in [0.717, 1.165) is 18.2 Å². The lowest BCUT2D eigenvalue weighted by Gasteiger charge is -1.79. The van der Waals surface area contributed by atoms with Crippen LogP contribution in [0.1, 0.15) is 96.0 Å². The van der Waals surface area contributed by atoms with Crippen molar-refractivity contribution in [2.75, 3.05) is 0 Å². The molecule has 0 unspecified atom stereocenters. The van der Waals surface area contributed by atoms with Gasteiger partial charge < -0.3 is 38.0 Å². The van der Waals surface area contributed by atoms with Crippen molar-refractivity contribution in [2.24, 2.45) is 17.5 Å². The Balaban J connectivity index is -0.00000000412. The van der Waals surface area contributed by atoms with Gasteiger partial charge in [0.15, 0.2) is 0 Å². The Hall–Kier alpha value is -4.27. The van der Waals surface area contributed by atoms with Crippen molar-refractivity contribution in [2.45, 2.75) is 96.0 Å². The smallest absolute Gasteiger partial charge is 0.412 e. The molecule has 39 heavy (non-hydrogen) atoms. The average molecular weight is 599 g/mol. The monoisotopic (exact) mass is 599 g/mol. The number of rotatable bonds is 0. The second-order valence-electron chi connectivity index (χ2n) is 1.44. The lowest BCUT2D eigenvalue weighted by atomic mass is 10.8. The van der Waals surface area contributed by atoms with Crippen LogP contribution >= 0.6 is 0 Å². The number of carbonyl (C=O) groups excluding carboxylic acids is 8. The van der Waals surface area contributed by atoms with Crippen LogP contribution in [0.15, 0.2) is 0 Å². The molecule has 0 heterocycles. The summed E-state index contributed by atoms with van der Waals surface area (Å²) in [6.45, 7) is 3.24. The molecule has 0 aromatic heterocycles. The number of hydrogen-bond acceptors (Lipinski definition) is 17. The van der Waals surface area contributed by atoms with Gasteiger partial charge in [-0.15, -0.1) is 0 Å². The third-order valence-electron chi connectivity index (χ3n) is 0.282. The molecular weight excluding hydrogens is 528 g/mol. The zero-order chi connectivity index (χ0) is 21.4. The van der Waals surface area contributed by atoms with Crippen molar-refractivity contribution in [3.8, 4) is 0 Å². The molecule has 19 nitrogen and oxygen atoms in total. The standard InChI is InChI=1S/C2H5NO2.CH4N2O2.3CHNO.CO2.CH2O.12CH4.2H3N.H2O/c1-2(4)5-3;2-1(4)5-3;4*2-1-3;1-2;;;;;;;;;;;;;;;/h3H2,1H3;3H2,(H2,2,4);3*2H;;1H2;12*1H4;2*1H3;1H2. The van der Waals surface area contributed by atoms with Crippen molar-refractivity contribution in [3.63, 3.8) is 0 Å². The molecular formula is C20H70N8O11. The molecule has 0 atom stereocenters. The molecule has 0 rings (SSSR count). The van der Waals surface area contributed by atoms with Crippen molar-refractivity contribution in [3.05, 3.63) is 0 Å². The minimum atomic E-state index is -0.968. The van der Waals surface area contributed by atoms with Gasteiger partial charge in [-0.1, -0.05) is 89.1 Å². The largest absolute Gasteiger partial charge is 0.423 e. The molecule has 1 amide bonds. The topological polar surface area (TPSA) is 406 Å². The van der Waals surface area contributed by atoms with E-state index in [1.54, 1.807) is 0 Å². The Morgan fingerprint density at radius 1 is 0.590 bits per heavy atom. The number of primary amides is 1. The van der Waals surface area contributed by atoms with Gasteiger partial charge in [0.05, 0.1) is 0 Å². The second kappa shape index (κ2) is 605. The van der Waals surface area contributed by atoms with Gasteiger partial charge in [-0.2, -0.15) is 21.4 Å². The molecule has 19 heteroatoms. The Morgan fingerprint density at radius 2 is 0.641 bits per heavy atom. The zero-order valence-electron chi connectivity index (χ0n) is 13.9. The molecule has 0 aromatic rings. The highest BCUT2D eigenvalue weighted by Gasteiger charge is 1.77. The van der Waals surface area contributed by atoms with Gasteiger partial charge in [-0.25, -0.2) is 35.4 Å². The first-order valence-corrected chi connectivity index (χ1v) is 4.14. The lowest BCUT2D eigenvalue weighted by Crippen LogP contribution is -2.16. The van der Waals surface area contributed by atoms with Crippen molar-refractivity contribution >= 4 is 43.2 Å². The SMILES string of the molecule is C.C.C.C.C.C.C.C.C.C.C.C.C=O.CC(=O)ON.N.N.N=C=O.N=C=O.N=C=O.NOC(N)=O.O.O=C=O. The highest BCUT2D eigenvalue weighted by molar-refractivity contribution is 5.65. The van der Waals surface area contributed by atoms with Crippen molar-refractivity contribution in [1.82, 2.24) is 12.3 Å². The molecule has 0 aromatic carbocycles. The van der Waals surface area contributed by atoms with Gasteiger partial charge >= 0.3 is 18.2 Å². The first kappa shape index (κ1) is 244. The predicted molar refractivity (Wildman–Crippen MR) is 163 cm³/mol. The fraction of sp³-hybridized carbons (Fsp3) is 0.650. The summed E-state index contributed by atoms with van der Waals surface area (Å²) in [5.74, 6) is 8.05. The Labute approximate surface area is 239 Å². The van der Waals surface area contributed by atoms with Gasteiger partial charge in [0.1, 0.15) is 6.79 Å². The fourth-order valence-corrected chi connectivity index (χ4v) is 0. The number of amides is 1. The molecule has 0 aliphatic carbocycles. The molecule has 0 aliphatic rings. The van der Waals surface area contributed by atoms with E-state index in [1.807, 2.05) is 6.79 Å². The first-order valence-electron chi connectivity index (χ1n) is 4.14. The van der Waals surface area contributed by atoms with Crippen LogP contribution in [0.3, 0.4) is 0 Å². The van der Waals surface area contributed by atoms with Crippen LogP contribution in [0.25, 0.3) is 0 Å². The maximum absolute atomic E-state index is 9.47. The van der Waals surface area contributed by atoms with Crippen LogP contribution in [0, 0.1) is 16.2 Å². The highest BCUT2D eigenvalue weighted by Crippen LogP contribution is 1.55. The highest BCUT2D eigenvalue weighted by atomic mass is 16.7. The summed E-state index contributed by atoms with van der Waals surface area (Å²) in [6, 6.07) is 0. The fourth-order valence-electron chi connectivity index (χ4n) is 0. The Kier molecular flexibility index (Phi) is 3780. The van der Waals surface area contributed by atoms with Crippen LogP contribution in [-0.2, 0) is 43.2 Å². The molecule has 17 N–H and O–H groups in total. The van der Waals surface area contributed by atoms with Crippen LogP contribution in [0.2, 0.25) is 0 Å². The second-order valence-corrected chi connectivity index (χ2v) is 1.44. The van der Waals surface area contributed by atoms with Crippen LogP contribution in [0.4, 0.5) is 4.79 Å². The third-order valence-corrected chi connectivity index (χ3v) is 0.282. The Bertz CT molecular complexity index is 360. The Morgan fingerprint density at radius 3 is 0.641 bits per heavy atom. The summed E-state index contributed by atoms with van der Waals surface area (Å²) >= 11 is 0. The molecule has 0 bridgehead atoms. The van der Waals surface area contributed by atoms with Crippen molar-refractivity contribution < 1.29 is 53.5 Å². The summed E-state index contributed by atoms with van der Waals surface area (Å²) in [7, 11) is 0. The maximum Gasteiger partial charge on any atom is 0.423 e. The van der Waals surface area contributed by atoms with E-state index in [2.05, 4.69) is 27.2 Å². The average Bonchev–Trinajstić information content (AvgIpc) is 2.53. The number of nitrogens with two attached hydrogens (primary N) is 3. The predicted octanol–water partition coefficient (Wildman–Crippen LogP) is 4.45. The van der Waals surface area contributed by atoms with E-state index >= 15 is 0 Å². The molecule has 0 spiro atoms. The van der Waals surface area contributed by atoms with Gasteiger partial charge in [-0.05, 0) is 0 Å². The van der Waals surface area contributed by atoms with E-state index < -0.39 is 12.1 Å². The summed E-state index contributed by atoms with van der Waals surface area (Å²) in [4.78, 5) is 75.0. The van der Waals surface area contributed by atoms with E-state index in [9.17, 15) is 9.59 Å². The van der Waals surface area contributed by atoms with Gasteiger partial charge in [-0.3, -0.25) is 4.79 Å². The molecule has 0 radical (unpaired) electrons. The minimum absolute atomic E-state index is 0. The summed E-state index contributed by atoms with van der Waals surface area (Å²) in [6.07, 6.45) is 1.53. The zero-order valence-corrected chi connectivity index (χ0v) is 13.9. The minimum Gasteiger partial charge on any atom is -0.412 e. The van der Waals surface area contributed by atoms with Crippen molar-refractivity contribution in [1.29, 1.82) is 16.2 Å². The number of isocyanates is 3. The van der Waals surface area contributed by atoms with Crippen LogP contribution < -0.4 is 29.8 Å². The molecule has 0 aliphatic heterocycles. The first-order chi connectivity index (χ1) is 11.2. The molecule has 0 saturated heterocycles. The van der Waals surface area contributed by atoms with E-state index in [0.29, 0.717) is 0 Å². The van der Waals surface area contributed by atoms with Crippen LogP contribution in [0.5, 0.6) is 0 Å². The lowest BCUT2D eigenvalue weighted by molar-refractivity contribution is -0.191.